The Balaban J connectivity index is 1.18. The number of carbonyl (C=O) groups is 2. The molecule has 1 aromatic heterocycles. The number of ether oxygens (including phenoxy) is 1. The third-order valence-corrected chi connectivity index (χ3v) is 5.67. The highest BCUT2D eigenvalue weighted by Crippen LogP contribution is 2.23. The molecule has 0 radical (unpaired) electrons. The van der Waals surface area contributed by atoms with Gasteiger partial charge < -0.3 is 4.74 Å². The summed E-state index contributed by atoms with van der Waals surface area (Å²) in [5.41, 5.74) is 2.29. The number of carbonyl (C=O) groups excluding carboxylic acids is 2. The summed E-state index contributed by atoms with van der Waals surface area (Å²) in [4.78, 5) is 26.9. The van der Waals surface area contributed by atoms with E-state index in [2.05, 4.69) is 20.4 Å². The number of halogens is 1. The lowest BCUT2D eigenvalue weighted by Gasteiger charge is -2.31. The van der Waals surface area contributed by atoms with Gasteiger partial charge in [0.05, 0.1) is 11.7 Å². The van der Waals surface area contributed by atoms with Crippen LogP contribution in [0.1, 0.15) is 23.2 Å². The second kappa shape index (κ2) is 9.28. The molecule has 30 heavy (non-hydrogen) atoms. The van der Waals surface area contributed by atoms with E-state index in [0.717, 1.165) is 36.8 Å². The van der Waals surface area contributed by atoms with Crippen molar-refractivity contribution < 1.29 is 14.3 Å². The van der Waals surface area contributed by atoms with Crippen LogP contribution in [0.2, 0.25) is 5.02 Å². The van der Waals surface area contributed by atoms with Crippen LogP contribution in [0.3, 0.4) is 0 Å². The Kier molecular flexibility index (Phi) is 6.30. The fourth-order valence-electron chi connectivity index (χ4n) is 3.71. The summed E-state index contributed by atoms with van der Waals surface area (Å²) in [7, 11) is 0. The Morgan fingerprint density at radius 3 is 2.70 bits per heavy atom. The molecule has 1 amide bonds. The number of nitrogens with one attached hydrogen (secondary N) is 2. The summed E-state index contributed by atoms with van der Waals surface area (Å²) in [5.74, 6) is 0.209. The number of H-pyrrole nitrogens is 1. The zero-order valence-corrected chi connectivity index (χ0v) is 17.2. The molecular weight excluding hydrogens is 404 g/mol. The summed E-state index contributed by atoms with van der Waals surface area (Å²) in [6, 6.07) is 12.6. The first-order valence-electron chi connectivity index (χ1n) is 9.97. The van der Waals surface area contributed by atoms with Gasteiger partial charge in [-0.25, -0.2) is 4.79 Å². The summed E-state index contributed by atoms with van der Waals surface area (Å²) >= 11 is 5.89. The van der Waals surface area contributed by atoms with E-state index in [1.165, 1.54) is 0 Å². The summed E-state index contributed by atoms with van der Waals surface area (Å²) in [6.07, 6.45) is 2.83. The van der Waals surface area contributed by atoms with E-state index >= 15 is 0 Å². The number of aromatic amines is 1. The van der Waals surface area contributed by atoms with Gasteiger partial charge in [-0.15, -0.1) is 0 Å². The molecule has 0 bridgehead atoms. The molecule has 1 aliphatic rings. The van der Waals surface area contributed by atoms with Gasteiger partial charge in [-0.3, -0.25) is 20.1 Å². The van der Waals surface area contributed by atoms with Crippen LogP contribution in [0.5, 0.6) is 0 Å². The zero-order valence-electron chi connectivity index (χ0n) is 16.4. The molecule has 0 unspecified atom stereocenters. The van der Waals surface area contributed by atoms with E-state index in [1.54, 1.807) is 36.5 Å². The third kappa shape index (κ3) is 4.98. The van der Waals surface area contributed by atoms with Crippen molar-refractivity contribution in [2.45, 2.75) is 12.8 Å². The molecule has 2 N–H and O–H groups in total. The second-order valence-corrected chi connectivity index (χ2v) is 7.86. The molecule has 1 aliphatic heterocycles. The molecule has 3 aromatic rings. The Morgan fingerprint density at radius 1 is 1.17 bits per heavy atom. The smallest absolute Gasteiger partial charge is 0.411 e. The summed E-state index contributed by atoms with van der Waals surface area (Å²) < 4.78 is 5.30. The van der Waals surface area contributed by atoms with Crippen LogP contribution in [0.4, 0.5) is 10.5 Å². The topological polar surface area (TPSA) is 87.3 Å². The van der Waals surface area contributed by atoms with E-state index in [0.29, 0.717) is 29.4 Å². The fourth-order valence-corrected chi connectivity index (χ4v) is 3.84. The first-order chi connectivity index (χ1) is 14.6. The SMILES string of the molecule is O=C(Nc1ccc2[nH]ncc2c1)OCCN1CCC(C(=O)c2ccc(Cl)cc2)CC1. The number of anilines is 1. The number of hydrogen-bond acceptors (Lipinski definition) is 5. The lowest BCUT2D eigenvalue weighted by Crippen LogP contribution is -2.38. The minimum atomic E-state index is -0.481. The van der Waals surface area contributed by atoms with Crippen LogP contribution in [0.15, 0.2) is 48.7 Å². The maximum atomic E-state index is 12.6. The van der Waals surface area contributed by atoms with Gasteiger partial charge >= 0.3 is 6.09 Å². The number of Topliss-reactive ketones (excluding diaryl/α,β-unsaturated/α-hetero) is 1. The molecule has 4 rings (SSSR count). The average Bonchev–Trinajstić information content (AvgIpc) is 3.22. The van der Waals surface area contributed by atoms with Crippen LogP contribution in [0, 0.1) is 5.92 Å². The van der Waals surface area contributed by atoms with Crippen molar-refractivity contribution in [1.29, 1.82) is 0 Å². The predicted molar refractivity (Wildman–Crippen MR) is 116 cm³/mol. The largest absolute Gasteiger partial charge is 0.448 e. The number of aromatic nitrogens is 2. The zero-order chi connectivity index (χ0) is 20.9. The average molecular weight is 427 g/mol. The molecule has 1 fully saturated rings. The molecule has 0 spiro atoms. The Hall–Kier alpha value is -2.90. The van der Waals surface area contributed by atoms with E-state index in [1.807, 2.05) is 12.1 Å². The molecule has 2 heterocycles. The van der Waals surface area contributed by atoms with Crippen molar-refractivity contribution in [3.8, 4) is 0 Å². The first kappa shape index (κ1) is 20.4. The summed E-state index contributed by atoms with van der Waals surface area (Å²) in [6.45, 7) is 2.57. The van der Waals surface area contributed by atoms with Gasteiger partial charge in [0.2, 0.25) is 0 Å². The second-order valence-electron chi connectivity index (χ2n) is 7.42. The van der Waals surface area contributed by atoms with Gasteiger partial charge in [-0.1, -0.05) is 11.6 Å². The highest BCUT2D eigenvalue weighted by Gasteiger charge is 2.25. The Morgan fingerprint density at radius 2 is 1.93 bits per heavy atom. The Bertz CT molecular complexity index is 1030. The first-order valence-corrected chi connectivity index (χ1v) is 10.4. The normalized spacial score (nSPS) is 15.2. The molecule has 2 aromatic carbocycles. The number of nitrogens with zero attached hydrogens (tertiary/aromatic N) is 2. The van der Waals surface area contributed by atoms with Gasteiger partial charge in [-0.2, -0.15) is 5.10 Å². The van der Waals surface area contributed by atoms with Gasteiger partial charge in [0, 0.05) is 34.1 Å². The number of hydrogen-bond donors (Lipinski definition) is 2. The number of benzene rings is 2. The van der Waals surface area contributed by atoms with Gasteiger partial charge in [0.1, 0.15) is 6.61 Å². The molecule has 0 aliphatic carbocycles. The Labute approximate surface area is 179 Å². The number of piperidine rings is 1. The third-order valence-electron chi connectivity index (χ3n) is 5.41. The monoisotopic (exact) mass is 426 g/mol. The van der Waals surface area contributed by atoms with E-state index in [-0.39, 0.29) is 11.7 Å². The predicted octanol–water partition coefficient (Wildman–Crippen LogP) is 4.36. The fraction of sp³-hybridized carbons (Fsp3) is 0.318. The van der Waals surface area contributed by atoms with Crippen molar-refractivity contribution in [2.24, 2.45) is 5.92 Å². The highest BCUT2D eigenvalue weighted by atomic mass is 35.5. The standard InChI is InChI=1S/C22H23ClN4O3/c23-18-3-1-15(2-4-18)21(28)16-7-9-27(10-8-16)11-12-30-22(29)25-19-5-6-20-17(13-19)14-24-26-20/h1-6,13-14,16H,7-12H2,(H,24,26)(H,25,29). The maximum absolute atomic E-state index is 12.6. The minimum Gasteiger partial charge on any atom is -0.448 e. The molecule has 7 nitrogen and oxygen atoms in total. The van der Waals surface area contributed by atoms with Crippen molar-refractivity contribution in [3.05, 3.63) is 59.2 Å². The molecule has 156 valence electrons. The lowest BCUT2D eigenvalue weighted by molar-refractivity contribution is 0.0813. The lowest BCUT2D eigenvalue weighted by atomic mass is 9.89. The molecule has 0 atom stereocenters. The molecular formula is C22H23ClN4O3. The maximum Gasteiger partial charge on any atom is 0.411 e. The van der Waals surface area contributed by atoms with Crippen molar-refractivity contribution in [3.63, 3.8) is 0 Å². The minimum absolute atomic E-state index is 0.0319. The van der Waals surface area contributed by atoms with E-state index in [9.17, 15) is 9.59 Å². The number of ketones is 1. The van der Waals surface area contributed by atoms with Crippen LogP contribution >= 0.6 is 11.6 Å². The number of fused-ring (bicyclic) bond motifs is 1. The van der Waals surface area contributed by atoms with Gasteiger partial charge in [-0.05, 0) is 68.4 Å². The molecule has 0 saturated carbocycles. The van der Waals surface area contributed by atoms with Gasteiger partial charge in [0.25, 0.3) is 0 Å². The molecule has 8 heteroatoms. The summed E-state index contributed by atoms with van der Waals surface area (Å²) in [5, 5.41) is 11.1. The van der Waals surface area contributed by atoms with Crippen LogP contribution in [-0.2, 0) is 4.74 Å². The van der Waals surface area contributed by atoms with Crippen LogP contribution in [0.25, 0.3) is 10.9 Å². The van der Waals surface area contributed by atoms with E-state index in [4.69, 9.17) is 16.3 Å². The van der Waals surface area contributed by atoms with E-state index < -0.39 is 6.09 Å². The highest BCUT2D eigenvalue weighted by molar-refractivity contribution is 6.30. The number of rotatable bonds is 6. The van der Waals surface area contributed by atoms with Gasteiger partial charge in [0.15, 0.2) is 5.78 Å². The van der Waals surface area contributed by atoms with Crippen molar-refractivity contribution >= 4 is 40.1 Å². The number of amides is 1. The molecule has 1 saturated heterocycles. The number of likely N-dealkylation sites (tertiary alicyclic amines) is 1. The van der Waals surface area contributed by atoms with Crippen LogP contribution in [-0.4, -0.2) is 53.2 Å². The quantitative estimate of drug-likeness (QED) is 0.572. The van der Waals surface area contributed by atoms with Crippen molar-refractivity contribution in [1.82, 2.24) is 15.1 Å². The van der Waals surface area contributed by atoms with Crippen LogP contribution < -0.4 is 5.32 Å². The van der Waals surface area contributed by atoms with Crippen molar-refractivity contribution in [2.75, 3.05) is 31.6 Å².